The van der Waals surface area contributed by atoms with E-state index in [9.17, 15) is 13.2 Å². The molecule has 0 unspecified atom stereocenters. The first kappa shape index (κ1) is 18.4. The molecule has 2 fully saturated rings. The molecule has 1 aromatic rings. The van der Waals surface area contributed by atoms with Crippen molar-refractivity contribution in [1.29, 1.82) is 0 Å². The van der Waals surface area contributed by atoms with Crippen LogP contribution in [0.25, 0.3) is 0 Å². The third-order valence-electron chi connectivity index (χ3n) is 5.46. The summed E-state index contributed by atoms with van der Waals surface area (Å²) in [7, 11) is -3.29. The molecular weight excluding hydrogens is 336 g/mol. The first-order valence-electron chi connectivity index (χ1n) is 9.27. The number of rotatable bonds is 4. The lowest BCUT2D eigenvalue weighted by molar-refractivity contribution is 0.0644. The van der Waals surface area contributed by atoms with E-state index in [2.05, 4.69) is 4.90 Å². The van der Waals surface area contributed by atoms with Crippen LogP contribution in [-0.4, -0.2) is 61.6 Å². The van der Waals surface area contributed by atoms with Crippen molar-refractivity contribution in [3.8, 4) is 0 Å². The van der Waals surface area contributed by atoms with Crippen molar-refractivity contribution in [2.24, 2.45) is 0 Å². The van der Waals surface area contributed by atoms with E-state index in [0.29, 0.717) is 11.6 Å². The minimum absolute atomic E-state index is 0.00775. The first-order chi connectivity index (χ1) is 11.9. The molecular formula is C19H28N2O3S. The van der Waals surface area contributed by atoms with Gasteiger partial charge in [-0.3, -0.25) is 4.79 Å². The second-order valence-electron chi connectivity index (χ2n) is 7.38. The Balaban J connectivity index is 1.62. The topological polar surface area (TPSA) is 57.7 Å². The fourth-order valence-corrected chi connectivity index (χ4v) is 4.84. The van der Waals surface area contributed by atoms with E-state index in [-0.39, 0.29) is 10.8 Å². The van der Waals surface area contributed by atoms with E-state index in [1.165, 1.54) is 25.9 Å². The minimum atomic E-state index is -3.29. The Labute approximate surface area is 150 Å². The standard InChI is InChI=1S/C19H28N2O3S/c1-15(2)25(23,24)18-7-5-16(6-8-18)19(22)21-13-9-17(10-14-21)20-11-3-4-12-20/h5-8,15,17H,3-4,9-14H2,1-2H3. The summed E-state index contributed by atoms with van der Waals surface area (Å²) in [6.07, 6.45) is 4.66. The molecule has 0 bridgehead atoms. The molecule has 0 radical (unpaired) electrons. The normalized spacial score (nSPS) is 20.4. The Kier molecular flexibility index (Phi) is 5.49. The highest BCUT2D eigenvalue weighted by molar-refractivity contribution is 7.92. The summed E-state index contributed by atoms with van der Waals surface area (Å²) in [5, 5.41) is -0.460. The van der Waals surface area contributed by atoms with E-state index in [4.69, 9.17) is 0 Å². The molecule has 1 aromatic carbocycles. The summed E-state index contributed by atoms with van der Waals surface area (Å²) in [5.41, 5.74) is 0.572. The third kappa shape index (κ3) is 3.90. The summed E-state index contributed by atoms with van der Waals surface area (Å²) < 4.78 is 24.4. The van der Waals surface area contributed by atoms with Gasteiger partial charge >= 0.3 is 0 Å². The molecule has 138 valence electrons. The summed E-state index contributed by atoms with van der Waals surface area (Å²) in [6.45, 7) is 7.30. The highest BCUT2D eigenvalue weighted by Gasteiger charge is 2.29. The van der Waals surface area contributed by atoms with E-state index >= 15 is 0 Å². The summed E-state index contributed by atoms with van der Waals surface area (Å²) in [6, 6.07) is 7.01. The molecule has 6 heteroatoms. The van der Waals surface area contributed by atoms with Crippen LogP contribution in [0, 0.1) is 0 Å². The molecule has 2 heterocycles. The maximum absolute atomic E-state index is 12.7. The summed E-state index contributed by atoms with van der Waals surface area (Å²) in [4.78, 5) is 17.4. The highest BCUT2D eigenvalue weighted by Crippen LogP contribution is 2.23. The van der Waals surface area contributed by atoms with Gasteiger partial charge in [0.05, 0.1) is 10.1 Å². The molecule has 0 saturated carbocycles. The fourth-order valence-electron chi connectivity index (χ4n) is 3.78. The van der Waals surface area contributed by atoms with Gasteiger partial charge in [0.15, 0.2) is 9.84 Å². The summed E-state index contributed by atoms with van der Waals surface area (Å²) in [5.74, 6) is 0.00775. The van der Waals surface area contributed by atoms with Crippen LogP contribution in [0.5, 0.6) is 0 Å². The Morgan fingerprint density at radius 2 is 1.56 bits per heavy atom. The average Bonchev–Trinajstić information content (AvgIpc) is 3.16. The number of piperidine rings is 1. The van der Waals surface area contributed by atoms with E-state index in [1.807, 2.05) is 4.90 Å². The van der Waals surface area contributed by atoms with E-state index in [0.717, 1.165) is 25.9 Å². The molecule has 2 aliphatic heterocycles. The zero-order valence-electron chi connectivity index (χ0n) is 15.1. The van der Waals surface area contributed by atoms with Crippen molar-refractivity contribution in [2.45, 2.75) is 55.7 Å². The van der Waals surface area contributed by atoms with Crippen molar-refractivity contribution < 1.29 is 13.2 Å². The Bertz CT molecular complexity index is 699. The zero-order chi connectivity index (χ0) is 18.0. The molecule has 0 spiro atoms. The monoisotopic (exact) mass is 364 g/mol. The molecule has 2 saturated heterocycles. The number of sulfone groups is 1. The average molecular weight is 365 g/mol. The van der Waals surface area contributed by atoms with Crippen LogP contribution in [0.15, 0.2) is 29.2 Å². The fraction of sp³-hybridized carbons (Fsp3) is 0.632. The maximum atomic E-state index is 12.7. The Morgan fingerprint density at radius 3 is 2.08 bits per heavy atom. The zero-order valence-corrected chi connectivity index (χ0v) is 16.0. The van der Waals surface area contributed by atoms with Gasteiger partial charge in [-0.25, -0.2) is 8.42 Å². The second kappa shape index (κ2) is 7.46. The van der Waals surface area contributed by atoms with Crippen LogP contribution in [0.4, 0.5) is 0 Å². The molecule has 2 aliphatic rings. The van der Waals surface area contributed by atoms with Crippen molar-refractivity contribution in [2.75, 3.05) is 26.2 Å². The quantitative estimate of drug-likeness (QED) is 0.824. The Morgan fingerprint density at radius 1 is 1.00 bits per heavy atom. The van der Waals surface area contributed by atoms with Crippen LogP contribution in [0.2, 0.25) is 0 Å². The second-order valence-corrected chi connectivity index (χ2v) is 9.89. The van der Waals surface area contributed by atoms with Crippen LogP contribution >= 0.6 is 0 Å². The number of nitrogens with zero attached hydrogens (tertiary/aromatic N) is 2. The van der Waals surface area contributed by atoms with Gasteiger partial charge in [0.25, 0.3) is 5.91 Å². The number of carbonyl (C=O) groups is 1. The molecule has 0 aromatic heterocycles. The smallest absolute Gasteiger partial charge is 0.253 e. The highest BCUT2D eigenvalue weighted by atomic mass is 32.2. The summed E-state index contributed by atoms with van der Waals surface area (Å²) >= 11 is 0. The maximum Gasteiger partial charge on any atom is 0.253 e. The lowest BCUT2D eigenvalue weighted by Gasteiger charge is -2.36. The SMILES string of the molecule is CC(C)S(=O)(=O)c1ccc(C(=O)N2CCC(N3CCCC3)CC2)cc1. The first-order valence-corrected chi connectivity index (χ1v) is 10.8. The molecule has 0 N–H and O–H groups in total. The molecule has 0 atom stereocenters. The van der Waals surface area contributed by atoms with Gasteiger partial charge in [-0.15, -0.1) is 0 Å². The largest absolute Gasteiger partial charge is 0.339 e. The van der Waals surface area contributed by atoms with E-state index in [1.54, 1.807) is 38.1 Å². The van der Waals surface area contributed by atoms with Gasteiger partial charge in [0.2, 0.25) is 0 Å². The third-order valence-corrected chi connectivity index (χ3v) is 7.63. The van der Waals surface area contributed by atoms with Crippen LogP contribution in [0.3, 0.4) is 0 Å². The van der Waals surface area contributed by atoms with Crippen molar-refractivity contribution in [3.05, 3.63) is 29.8 Å². The lowest BCUT2D eigenvalue weighted by Crippen LogP contribution is -2.45. The van der Waals surface area contributed by atoms with Gasteiger partial charge in [0, 0.05) is 24.7 Å². The number of hydrogen-bond acceptors (Lipinski definition) is 4. The van der Waals surface area contributed by atoms with Crippen LogP contribution in [-0.2, 0) is 9.84 Å². The number of benzene rings is 1. The van der Waals surface area contributed by atoms with Gasteiger partial charge in [-0.05, 0) is 76.9 Å². The number of likely N-dealkylation sites (tertiary alicyclic amines) is 2. The Hall–Kier alpha value is -1.40. The van der Waals surface area contributed by atoms with Gasteiger partial charge in [-0.2, -0.15) is 0 Å². The van der Waals surface area contributed by atoms with Gasteiger partial charge in [-0.1, -0.05) is 0 Å². The molecule has 5 nitrogen and oxygen atoms in total. The number of hydrogen-bond donors (Lipinski definition) is 0. The molecule has 1 amide bonds. The predicted molar refractivity (Wildman–Crippen MR) is 98.5 cm³/mol. The molecule has 3 rings (SSSR count). The number of amides is 1. The predicted octanol–water partition coefficient (Wildman–Crippen LogP) is 2.57. The van der Waals surface area contributed by atoms with Crippen LogP contribution in [0.1, 0.15) is 49.9 Å². The number of carbonyl (C=O) groups excluding carboxylic acids is 1. The van der Waals surface area contributed by atoms with Crippen molar-refractivity contribution in [1.82, 2.24) is 9.80 Å². The van der Waals surface area contributed by atoms with Gasteiger partial charge in [0.1, 0.15) is 0 Å². The molecule has 0 aliphatic carbocycles. The van der Waals surface area contributed by atoms with Crippen molar-refractivity contribution >= 4 is 15.7 Å². The van der Waals surface area contributed by atoms with Crippen molar-refractivity contribution in [3.63, 3.8) is 0 Å². The minimum Gasteiger partial charge on any atom is -0.339 e. The van der Waals surface area contributed by atoms with Crippen LogP contribution < -0.4 is 0 Å². The molecule has 25 heavy (non-hydrogen) atoms. The lowest BCUT2D eigenvalue weighted by atomic mass is 10.0. The van der Waals surface area contributed by atoms with Gasteiger partial charge < -0.3 is 9.80 Å². The van der Waals surface area contributed by atoms with E-state index < -0.39 is 15.1 Å².